The van der Waals surface area contributed by atoms with Gasteiger partial charge in [-0.05, 0) is 39.2 Å². The van der Waals surface area contributed by atoms with Crippen LogP contribution in [0, 0.1) is 0 Å². The highest BCUT2D eigenvalue weighted by molar-refractivity contribution is 5.59. The zero-order chi connectivity index (χ0) is 21.5. The second-order valence-electron chi connectivity index (χ2n) is 8.30. The lowest BCUT2D eigenvalue weighted by Crippen LogP contribution is -2.42. The van der Waals surface area contributed by atoms with Gasteiger partial charge in [0.1, 0.15) is 11.6 Å². The smallest absolute Gasteiger partial charge is 0.383 e. The number of alkyl halides is 3. The molecule has 0 aromatic carbocycles. The van der Waals surface area contributed by atoms with Crippen molar-refractivity contribution in [3.8, 4) is 11.4 Å². The fourth-order valence-corrected chi connectivity index (χ4v) is 4.41. The predicted molar refractivity (Wildman–Crippen MR) is 106 cm³/mol. The van der Waals surface area contributed by atoms with Gasteiger partial charge in [-0.15, -0.1) is 0 Å². The summed E-state index contributed by atoms with van der Waals surface area (Å²) in [5.41, 5.74) is 4.69. The first kappa shape index (κ1) is 21.0. The van der Waals surface area contributed by atoms with Gasteiger partial charge in [-0.3, -0.25) is 4.90 Å². The maximum atomic E-state index is 13.2. The van der Waals surface area contributed by atoms with Gasteiger partial charge in [0.25, 0.3) is 0 Å². The van der Waals surface area contributed by atoms with Crippen molar-refractivity contribution in [2.75, 3.05) is 32.0 Å². The van der Waals surface area contributed by atoms with Gasteiger partial charge in [0, 0.05) is 42.9 Å². The summed E-state index contributed by atoms with van der Waals surface area (Å²) in [4.78, 5) is 10.9. The molecule has 2 fully saturated rings. The zero-order valence-corrected chi connectivity index (χ0v) is 17.2. The molecule has 0 bridgehead atoms. The summed E-state index contributed by atoms with van der Waals surface area (Å²) in [6, 6.07) is 1.51. The van der Waals surface area contributed by atoms with Crippen LogP contribution >= 0.6 is 0 Å². The van der Waals surface area contributed by atoms with Crippen LogP contribution in [0.2, 0.25) is 0 Å². The summed E-state index contributed by atoms with van der Waals surface area (Å²) in [7, 11) is 0. The molecule has 2 atom stereocenters. The van der Waals surface area contributed by atoms with Crippen LogP contribution in [0.25, 0.3) is 11.4 Å². The molecule has 0 unspecified atom stereocenters. The van der Waals surface area contributed by atoms with Gasteiger partial charge in [0.15, 0.2) is 5.82 Å². The normalized spacial score (nSPS) is 23.4. The summed E-state index contributed by atoms with van der Waals surface area (Å²) in [6.07, 6.45) is -0.237. The SMILES string of the molecule is CC(C)n1nc(-c2cnc(N)c(C(F)(F)F)c2)nc1[C@H]1CC[C@H](N2CCOCC2)C1. The molecule has 10 heteroatoms. The van der Waals surface area contributed by atoms with Crippen molar-refractivity contribution in [2.45, 2.75) is 57.3 Å². The van der Waals surface area contributed by atoms with Crippen LogP contribution in [0.3, 0.4) is 0 Å². The number of nitrogens with zero attached hydrogens (tertiary/aromatic N) is 5. The number of halogens is 3. The fraction of sp³-hybridized carbons (Fsp3) is 0.650. The van der Waals surface area contributed by atoms with Crippen LogP contribution in [0.5, 0.6) is 0 Å². The highest BCUT2D eigenvalue weighted by Crippen LogP contribution is 2.39. The number of aromatic nitrogens is 4. The Kier molecular flexibility index (Phi) is 5.71. The Morgan fingerprint density at radius 1 is 1.20 bits per heavy atom. The van der Waals surface area contributed by atoms with Crippen LogP contribution < -0.4 is 5.73 Å². The molecule has 0 amide bonds. The lowest BCUT2D eigenvalue weighted by Gasteiger charge is -2.32. The van der Waals surface area contributed by atoms with E-state index >= 15 is 0 Å². The molecule has 30 heavy (non-hydrogen) atoms. The molecule has 4 rings (SSSR count). The lowest BCUT2D eigenvalue weighted by atomic mass is 10.1. The molecular formula is C20H27F3N6O. The average molecular weight is 424 g/mol. The van der Waals surface area contributed by atoms with Crippen LogP contribution in [-0.4, -0.2) is 57.0 Å². The second kappa shape index (κ2) is 8.14. The van der Waals surface area contributed by atoms with Gasteiger partial charge in [0.2, 0.25) is 0 Å². The number of rotatable bonds is 4. The minimum Gasteiger partial charge on any atom is -0.383 e. The monoisotopic (exact) mass is 424 g/mol. The van der Waals surface area contributed by atoms with Crippen molar-refractivity contribution in [1.29, 1.82) is 0 Å². The minimum absolute atomic E-state index is 0.0486. The Morgan fingerprint density at radius 3 is 2.60 bits per heavy atom. The molecule has 7 nitrogen and oxygen atoms in total. The third-order valence-electron chi connectivity index (χ3n) is 5.96. The van der Waals surface area contributed by atoms with Crippen molar-refractivity contribution in [3.63, 3.8) is 0 Å². The number of ether oxygens (including phenoxy) is 1. The largest absolute Gasteiger partial charge is 0.419 e. The van der Waals surface area contributed by atoms with Gasteiger partial charge in [-0.1, -0.05) is 0 Å². The highest BCUT2D eigenvalue weighted by atomic mass is 19.4. The second-order valence-corrected chi connectivity index (χ2v) is 8.30. The molecule has 1 aliphatic carbocycles. The topological polar surface area (TPSA) is 82.1 Å². The molecule has 0 radical (unpaired) electrons. The molecule has 2 aliphatic rings. The van der Waals surface area contributed by atoms with E-state index in [-0.39, 0.29) is 23.3 Å². The Balaban J connectivity index is 1.62. The van der Waals surface area contributed by atoms with E-state index in [1.807, 2.05) is 18.5 Å². The van der Waals surface area contributed by atoms with E-state index in [1.165, 1.54) is 6.20 Å². The van der Waals surface area contributed by atoms with Gasteiger partial charge in [-0.2, -0.15) is 18.3 Å². The van der Waals surface area contributed by atoms with E-state index < -0.39 is 17.6 Å². The fourth-order valence-electron chi connectivity index (χ4n) is 4.41. The number of morpholine rings is 1. The first-order chi connectivity index (χ1) is 14.2. The van der Waals surface area contributed by atoms with Crippen molar-refractivity contribution in [3.05, 3.63) is 23.7 Å². The third-order valence-corrected chi connectivity index (χ3v) is 5.96. The van der Waals surface area contributed by atoms with Crippen LogP contribution in [-0.2, 0) is 10.9 Å². The van der Waals surface area contributed by atoms with Crippen molar-refractivity contribution in [1.82, 2.24) is 24.6 Å². The average Bonchev–Trinajstić information content (AvgIpc) is 3.35. The maximum absolute atomic E-state index is 13.2. The number of nitrogen functional groups attached to an aromatic ring is 1. The minimum atomic E-state index is -4.58. The van der Waals surface area contributed by atoms with E-state index in [4.69, 9.17) is 10.5 Å². The molecule has 3 heterocycles. The number of hydrogen-bond acceptors (Lipinski definition) is 6. The number of hydrogen-bond donors (Lipinski definition) is 1. The van der Waals surface area contributed by atoms with Crippen LogP contribution in [0.15, 0.2) is 12.3 Å². The van der Waals surface area contributed by atoms with Gasteiger partial charge >= 0.3 is 6.18 Å². The highest BCUT2D eigenvalue weighted by Gasteiger charge is 2.36. The van der Waals surface area contributed by atoms with E-state index in [9.17, 15) is 13.2 Å². The standard InChI is InChI=1S/C20H27F3N6O/c1-12(2)29-19(13-3-4-15(9-13)28-5-7-30-8-6-28)26-18(27-29)14-10-16(20(21,22)23)17(24)25-11-14/h10-13,15H,3-9H2,1-2H3,(H2,24,25)/t13-,15-/m0/s1. The number of pyridine rings is 1. The molecule has 1 saturated heterocycles. The van der Waals surface area contributed by atoms with E-state index in [1.54, 1.807) is 0 Å². The van der Waals surface area contributed by atoms with E-state index in [2.05, 4.69) is 20.0 Å². The molecule has 0 spiro atoms. The van der Waals surface area contributed by atoms with E-state index in [0.29, 0.717) is 6.04 Å². The first-order valence-corrected chi connectivity index (χ1v) is 10.4. The van der Waals surface area contributed by atoms with Crippen LogP contribution in [0.1, 0.15) is 56.5 Å². The Labute approximate surface area is 173 Å². The summed E-state index contributed by atoms with van der Waals surface area (Å²) in [6.45, 7) is 7.41. The molecule has 1 aliphatic heterocycles. The van der Waals surface area contributed by atoms with Crippen molar-refractivity contribution in [2.24, 2.45) is 0 Å². The molecule has 1 saturated carbocycles. The Morgan fingerprint density at radius 2 is 1.93 bits per heavy atom. The molecular weight excluding hydrogens is 397 g/mol. The van der Waals surface area contributed by atoms with Crippen molar-refractivity contribution >= 4 is 5.82 Å². The molecule has 2 N–H and O–H groups in total. The van der Waals surface area contributed by atoms with Gasteiger partial charge in [-0.25, -0.2) is 14.6 Å². The molecule has 2 aromatic heterocycles. The first-order valence-electron chi connectivity index (χ1n) is 10.4. The zero-order valence-electron chi connectivity index (χ0n) is 17.2. The van der Waals surface area contributed by atoms with Crippen molar-refractivity contribution < 1.29 is 17.9 Å². The van der Waals surface area contributed by atoms with Crippen LogP contribution in [0.4, 0.5) is 19.0 Å². The maximum Gasteiger partial charge on any atom is 0.419 e. The summed E-state index contributed by atoms with van der Waals surface area (Å²) in [5, 5.41) is 4.54. The Bertz CT molecular complexity index is 891. The quantitative estimate of drug-likeness (QED) is 0.809. The predicted octanol–water partition coefficient (Wildman–Crippen LogP) is 3.49. The number of nitrogens with two attached hydrogens (primary N) is 1. The van der Waals surface area contributed by atoms with Gasteiger partial charge < -0.3 is 10.5 Å². The lowest BCUT2D eigenvalue weighted by molar-refractivity contribution is -0.137. The third kappa shape index (κ3) is 4.15. The Hall–Kier alpha value is -2.20. The summed E-state index contributed by atoms with van der Waals surface area (Å²) >= 11 is 0. The van der Waals surface area contributed by atoms with Gasteiger partial charge in [0.05, 0.1) is 18.8 Å². The van der Waals surface area contributed by atoms with E-state index in [0.717, 1.165) is 57.5 Å². The summed E-state index contributed by atoms with van der Waals surface area (Å²) in [5.74, 6) is 0.775. The number of anilines is 1. The molecule has 164 valence electrons. The summed E-state index contributed by atoms with van der Waals surface area (Å²) < 4.78 is 47.0. The molecule has 2 aromatic rings.